The predicted molar refractivity (Wildman–Crippen MR) is 154 cm³/mol. The first-order valence-electron chi connectivity index (χ1n) is 13.8. The molecule has 0 bridgehead atoms. The molecule has 1 aromatic carbocycles. The van der Waals surface area contributed by atoms with Gasteiger partial charge in [-0.25, -0.2) is 9.59 Å². The maximum Gasteiger partial charge on any atom is 0.341 e. The smallest absolute Gasteiger partial charge is 0.341 e. The van der Waals surface area contributed by atoms with E-state index in [1.165, 1.54) is 31.3 Å². The third kappa shape index (κ3) is 6.09. The molecule has 1 unspecified atom stereocenters. The second-order valence-electron chi connectivity index (χ2n) is 12.0. The molecule has 5 nitrogen and oxygen atoms in total. The average molecular weight is 563 g/mol. The molecule has 1 aromatic rings. The van der Waals surface area contributed by atoms with Crippen LogP contribution >= 0.6 is 23.2 Å². The van der Waals surface area contributed by atoms with Gasteiger partial charge in [0.2, 0.25) is 0 Å². The van der Waals surface area contributed by atoms with Crippen LogP contribution in [0.4, 0.5) is 5.69 Å². The number of rotatable bonds is 9. The highest BCUT2D eigenvalue weighted by Crippen LogP contribution is 2.61. The van der Waals surface area contributed by atoms with Crippen LogP contribution in [0, 0.1) is 22.7 Å². The Morgan fingerprint density at radius 3 is 2.50 bits per heavy atom. The Bertz CT molecular complexity index is 1060. The topological polar surface area (TPSA) is 55.8 Å². The maximum absolute atomic E-state index is 12.8. The zero-order valence-electron chi connectivity index (χ0n) is 22.9. The van der Waals surface area contributed by atoms with Gasteiger partial charge in [-0.3, -0.25) is 0 Å². The van der Waals surface area contributed by atoms with Crippen molar-refractivity contribution in [3.05, 3.63) is 53.6 Å². The highest BCUT2D eigenvalue weighted by Gasteiger charge is 2.52. The minimum atomic E-state index is -0.906. The molecule has 2 aliphatic carbocycles. The van der Waals surface area contributed by atoms with Gasteiger partial charge in [0.05, 0.1) is 12.0 Å². The van der Waals surface area contributed by atoms with Crippen LogP contribution in [0.2, 0.25) is 0 Å². The van der Waals surface area contributed by atoms with Crippen molar-refractivity contribution in [2.24, 2.45) is 22.7 Å². The quantitative estimate of drug-likeness (QED) is 0.135. The number of fused-ring (bicyclic) bond motifs is 1. The number of carbonyl (C=O) groups excluding carboxylic acids is 2. The molecule has 3 aliphatic rings. The number of carbonyl (C=O) groups is 2. The average Bonchev–Trinajstić information content (AvgIpc) is 3.21. The van der Waals surface area contributed by atoms with Crippen LogP contribution in [-0.4, -0.2) is 43.1 Å². The second kappa shape index (κ2) is 12.0. The van der Waals surface area contributed by atoms with E-state index in [-0.39, 0.29) is 11.8 Å². The number of hydrogen-bond donors (Lipinski definition) is 0. The summed E-state index contributed by atoms with van der Waals surface area (Å²) in [4.78, 5) is 27.4. The zero-order chi connectivity index (χ0) is 27.5. The molecule has 0 N–H and O–H groups in total. The number of allylic oxidation sites excluding steroid dienone is 2. The van der Waals surface area contributed by atoms with Crippen molar-refractivity contribution in [1.29, 1.82) is 0 Å². The van der Waals surface area contributed by atoms with Crippen molar-refractivity contribution in [1.82, 2.24) is 0 Å². The van der Waals surface area contributed by atoms with Gasteiger partial charge < -0.3 is 14.4 Å². The SMILES string of the molecule is C=C1CC[C@H]2C(C)(C)CCC[C@]2(C)[C@H]1C/C=C1\CC(OC(=O)c2ccc(N(CCCl)CCCl)cc2)OC1=O. The molecule has 0 amide bonds. The van der Waals surface area contributed by atoms with E-state index in [9.17, 15) is 9.59 Å². The molecule has 1 aliphatic heterocycles. The minimum Gasteiger partial charge on any atom is -0.421 e. The zero-order valence-corrected chi connectivity index (χ0v) is 24.5. The van der Waals surface area contributed by atoms with Gasteiger partial charge in [0.25, 0.3) is 6.29 Å². The van der Waals surface area contributed by atoms with Crippen LogP contribution < -0.4 is 4.90 Å². The predicted octanol–water partition coefficient (Wildman–Crippen LogP) is 7.52. The van der Waals surface area contributed by atoms with Crippen LogP contribution in [0.15, 0.2) is 48.1 Å². The molecular weight excluding hydrogens is 521 g/mol. The molecule has 7 heteroatoms. The van der Waals surface area contributed by atoms with E-state index >= 15 is 0 Å². The molecule has 1 saturated heterocycles. The molecule has 208 valence electrons. The number of alkyl halides is 2. The molecule has 3 fully saturated rings. The van der Waals surface area contributed by atoms with Crippen LogP contribution in [0.5, 0.6) is 0 Å². The van der Waals surface area contributed by atoms with Gasteiger partial charge in [0.1, 0.15) is 0 Å². The Hall–Kier alpha value is -1.98. The fourth-order valence-electron chi connectivity index (χ4n) is 7.27. The lowest BCUT2D eigenvalue weighted by atomic mass is 9.47. The van der Waals surface area contributed by atoms with E-state index in [2.05, 4.69) is 32.3 Å². The summed E-state index contributed by atoms with van der Waals surface area (Å²) in [5, 5.41) is 0. The van der Waals surface area contributed by atoms with Gasteiger partial charge in [-0.15, -0.1) is 23.2 Å². The Morgan fingerprint density at radius 2 is 1.84 bits per heavy atom. The first-order valence-corrected chi connectivity index (χ1v) is 14.9. The standard InChI is InChI=1S/C31H41Cl2NO4/c1-21-6-13-26-30(2,3)14-5-15-31(26,4)25(21)12-9-23-20-27(38-29(23)36)37-28(35)22-7-10-24(11-8-22)34(18-16-32)19-17-33/h7-11,25-27H,1,5-6,12-20H2,2-4H3/b23-9+/t25-,26-,27?,31+/m0/s1. The summed E-state index contributed by atoms with van der Waals surface area (Å²) in [5.41, 5.74) is 3.74. The number of anilines is 1. The lowest BCUT2D eigenvalue weighted by Gasteiger charge is -2.58. The van der Waals surface area contributed by atoms with Crippen LogP contribution in [-0.2, 0) is 14.3 Å². The van der Waals surface area contributed by atoms with Crippen LogP contribution in [0.1, 0.15) is 76.1 Å². The third-order valence-corrected chi connectivity index (χ3v) is 9.56. The number of esters is 2. The van der Waals surface area contributed by atoms with Gasteiger partial charge in [-0.05, 0) is 79.0 Å². The third-order valence-electron chi connectivity index (χ3n) is 9.22. The number of cyclic esters (lactones) is 1. The van der Waals surface area contributed by atoms with Crippen LogP contribution in [0.3, 0.4) is 0 Å². The summed E-state index contributed by atoms with van der Waals surface area (Å²) in [5.74, 6) is 1.05. The van der Waals surface area contributed by atoms with Crippen molar-refractivity contribution < 1.29 is 19.1 Å². The molecule has 38 heavy (non-hydrogen) atoms. The Morgan fingerprint density at radius 1 is 1.16 bits per heavy atom. The lowest BCUT2D eigenvalue weighted by Crippen LogP contribution is -2.49. The Balaban J connectivity index is 1.38. The van der Waals surface area contributed by atoms with E-state index in [0.717, 1.165) is 18.5 Å². The van der Waals surface area contributed by atoms with Crippen LogP contribution in [0.25, 0.3) is 0 Å². The summed E-state index contributed by atoms with van der Waals surface area (Å²) >= 11 is 11.8. The van der Waals surface area contributed by atoms with Crippen molar-refractivity contribution in [3.63, 3.8) is 0 Å². The van der Waals surface area contributed by atoms with Crippen molar-refractivity contribution in [3.8, 4) is 0 Å². The monoisotopic (exact) mass is 561 g/mol. The van der Waals surface area contributed by atoms with Crippen molar-refractivity contribution in [2.75, 3.05) is 29.7 Å². The molecular formula is C31H41Cl2NO4. The summed E-state index contributed by atoms with van der Waals surface area (Å²) in [6.45, 7) is 13.0. The van der Waals surface area contributed by atoms with E-state index in [1.807, 2.05) is 18.2 Å². The highest BCUT2D eigenvalue weighted by atomic mass is 35.5. The van der Waals surface area contributed by atoms with E-state index in [0.29, 0.717) is 53.2 Å². The molecule has 4 atom stereocenters. The minimum absolute atomic E-state index is 0.192. The lowest BCUT2D eigenvalue weighted by molar-refractivity contribution is -0.152. The number of halogens is 2. The molecule has 0 radical (unpaired) electrons. The normalized spacial score (nSPS) is 29.6. The van der Waals surface area contributed by atoms with E-state index in [4.69, 9.17) is 32.7 Å². The van der Waals surface area contributed by atoms with Crippen molar-refractivity contribution in [2.45, 2.75) is 72.0 Å². The highest BCUT2D eigenvalue weighted by molar-refractivity contribution is 6.18. The largest absolute Gasteiger partial charge is 0.421 e. The van der Waals surface area contributed by atoms with E-state index in [1.54, 1.807) is 12.1 Å². The number of benzene rings is 1. The maximum atomic E-state index is 12.8. The van der Waals surface area contributed by atoms with Gasteiger partial charge in [-0.1, -0.05) is 45.4 Å². The molecule has 2 saturated carbocycles. The Labute approximate surface area is 237 Å². The summed E-state index contributed by atoms with van der Waals surface area (Å²) in [6, 6.07) is 7.11. The second-order valence-corrected chi connectivity index (χ2v) is 12.7. The van der Waals surface area contributed by atoms with Gasteiger partial charge in [-0.2, -0.15) is 0 Å². The summed E-state index contributed by atoms with van der Waals surface area (Å²) in [7, 11) is 0. The Kier molecular flexibility index (Phi) is 9.19. The van der Waals surface area contributed by atoms with Gasteiger partial charge in [0.15, 0.2) is 0 Å². The fraction of sp³-hybridized carbons (Fsp3) is 0.613. The molecule has 0 aromatic heterocycles. The molecule has 4 rings (SSSR count). The molecule has 0 spiro atoms. The molecule has 1 heterocycles. The number of ether oxygens (including phenoxy) is 2. The summed E-state index contributed by atoms with van der Waals surface area (Å²) in [6.07, 6.45) is 8.11. The van der Waals surface area contributed by atoms with Crippen molar-refractivity contribution >= 4 is 40.8 Å². The van der Waals surface area contributed by atoms with Gasteiger partial charge in [0, 0.05) is 36.1 Å². The first kappa shape index (κ1) is 29.0. The van der Waals surface area contributed by atoms with E-state index < -0.39 is 18.2 Å². The number of hydrogen-bond acceptors (Lipinski definition) is 5. The summed E-state index contributed by atoms with van der Waals surface area (Å²) < 4.78 is 11.0. The fourth-order valence-corrected chi connectivity index (χ4v) is 7.68. The first-order chi connectivity index (χ1) is 18.1. The van der Waals surface area contributed by atoms with Gasteiger partial charge >= 0.3 is 11.9 Å². The number of nitrogens with zero attached hydrogens (tertiary/aromatic N) is 1.